The summed E-state index contributed by atoms with van der Waals surface area (Å²) in [5, 5.41) is 2.10. The molecule has 0 unspecified atom stereocenters. The van der Waals surface area contributed by atoms with Crippen molar-refractivity contribution in [3.8, 4) is 5.75 Å². The molecule has 3 aromatic carbocycles. The summed E-state index contributed by atoms with van der Waals surface area (Å²) >= 11 is 0. The van der Waals surface area contributed by atoms with Crippen LogP contribution in [0, 0.1) is 6.92 Å². The second-order valence-corrected chi connectivity index (χ2v) is 8.16. The van der Waals surface area contributed by atoms with Gasteiger partial charge in [0.15, 0.2) is 6.10 Å². The third-order valence-corrected chi connectivity index (χ3v) is 5.85. The van der Waals surface area contributed by atoms with Gasteiger partial charge in [0, 0.05) is 12.0 Å². The first-order valence-corrected chi connectivity index (χ1v) is 9.98. The quantitative estimate of drug-likeness (QED) is 0.679. The van der Waals surface area contributed by atoms with E-state index >= 15 is 0 Å². The largest absolute Gasteiger partial charge is 0.480 e. The minimum atomic E-state index is -3.84. The van der Waals surface area contributed by atoms with Gasteiger partial charge in [-0.3, -0.25) is 10.2 Å². The highest BCUT2D eigenvalue weighted by Gasteiger charge is 2.31. The first-order chi connectivity index (χ1) is 12.9. The van der Waals surface area contributed by atoms with Gasteiger partial charge in [0.25, 0.3) is 15.9 Å². The number of fused-ring (bicyclic) bond motifs is 3. The molecule has 7 heteroatoms. The zero-order valence-corrected chi connectivity index (χ0v) is 15.4. The molecule has 1 amide bonds. The summed E-state index contributed by atoms with van der Waals surface area (Å²) in [5.41, 5.74) is 4.16. The van der Waals surface area contributed by atoms with Crippen LogP contribution in [0.3, 0.4) is 0 Å². The molecule has 0 saturated carbocycles. The fraction of sp³-hybridized carbons (Fsp3) is 0.150. The Hall–Kier alpha value is -2.90. The third kappa shape index (κ3) is 3.39. The van der Waals surface area contributed by atoms with Gasteiger partial charge in [-0.15, -0.1) is 4.83 Å². The van der Waals surface area contributed by atoms with Crippen LogP contribution in [-0.4, -0.2) is 20.4 Å². The minimum Gasteiger partial charge on any atom is -0.480 e. The SMILES string of the molecule is Cc1ccc(S(=O)(=O)NNC(=O)[C@H]2Cc3c(ccc4ccccc34)O2)cc1. The Balaban J connectivity index is 1.46. The molecule has 2 N–H and O–H groups in total. The van der Waals surface area contributed by atoms with Gasteiger partial charge in [-0.25, -0.2) is 8.42 Å². The van der Waals surface area contributed by atoms with Crippen molar-refractivity contribution in [3.05, 3.63) is 71.8 Å². The lowest BCUT2D eigenvalue weighted by atomic mass is 10.0. The lowest BCUT2D eigenvalue weighted by Crippen LogP contribution is -2.47. The molecular formula is C20H18N2O4S. The number of carbonyl (C=O) groups excluding carboxylic acids is 1. The normalized spacial score (nSPS) is 16.0. The lowest BCUT2D eigenvalue weighted by Gasteiger charge is -2.12. The smallest absolute Gasteiger partial charge is 0.276 e. The number of ether oxygens (including phenoxy) is 1. The van der Waals surface area contributed by atoms with Crippen molar-refractivity contribution >= 4 is 26.7 Å². The van der Waals surface area contributed by atoms with Crippen LogP contribution in [0.1, 0.15) is 11.1 Å². The fourth-order valence-corrected chi connectivity index (χ4v) is 3.98. The standard InChI is InChI=1S/C20H18N2O4S/c1-13-6-9-15(10-7-13)27(24,25)22-21-20(23)19-12-17-16-5-3-2-4-14(16)8-11-18(17)26-19/h2-11,19,22H,12H2,1H3,(H,21,23)/t19-/m1/s1. The van der Waals surface area contributed by atoms with Gasteiger partial charge in [-0.05, 0) is 35.9 Å². The van der Waals surface area contributed by atoms with E-state index in [1.807, 2.05) is 43.3 Å². The molecule has 0 aliphatic carbocycles. The van der Waals surface area contributed by atoms with Crippen molar-refractivity contribution in [2.24, 2.45) is 0 Å². The monoisotopic (exact) mass is 382 g/mol. The molecule has 27 heavy (non-hydrogen) atoms. The predicted octanol–water partition coefficient (Wildman–Crippen LogP) is 2.46. The third-order valence-electron chi connectivity index (χ3n) is 4.59. The topological polar surface area (TPSA) is 84.5 Å². The molecule has 138 valence electrons. The Morgan fingerprint density at radius 3 is 2.56 bits per heavy atom. The highest BCUT2D eigenvalue weighted by molar-refractivity contribution is 7.89. The van der Waals surface area contributed by atoms with E-state index in [1.165, 1.54) is 12.1 Å². The van der Waals surface area contributed by atoms with Crippen LogP contribution in [-0.2, 0) is 21.2 Å². The van der Waals surface area contributed by atoms with Gasteiger partial charge in [0.05, 0.1) is 4.90 Å². The second-order valence-electron chi connectivity index (χ2n) is 6.48. The van der Waals surface area contributed by atoms with Gasteiger partial charge in [0.2, 0.25) is 0 Å². The Bertz CT molecular complexity index is 1120. The molecule has 4 rings (SSSR count). The number of amides is 1. The van der Waals surface area contributed by atoms with E-state index in [2.05, 4.69) is 10.3 Å². The van der Waals surface area contributed by atoms with E-state index < -0.39 is 22.0 Å². The summed E-state index contributed by atoms with van der Waals surface area (Å²) in [7, 11) is -3.84. The van der Waals surface area contributed by atoms with Crippen LogP contribution in [0.5, 0.6) is 5.75 Å². The Morgan fingerprint density at radius 1 is 1.04 bits per heavy atom. The van der Waals surface area contributed by atoms with E-state index in [0.717, 1.165) is 21.9 Å². The van der Waals surface area contributed by atoms with Gasteiger partial charge >= 0.3 is 0 Å². The Morgan fingerprint density at radius 2 is 1.78 bits per heavy atom. The van der Waals surface area contributed by atoms with Crippen molar-refractivity contribution in [2.45, 2.75) is 24.3 Å². The molecule has 0 bridgehead atoms. The molecule has 0 aromatic heterocycles. The molecule has 3 aromatic rings. The summed E-state index contributed by atoms with van der Waals surface area (Å²) in [6.07, 6.45) is -0.402. The zero-order valence-electron chi connectivity index (χ0n) is 14.6. The number of hydrazine groups is 1. The van der Waals surface area contributed by atoms with Crippen molar-refractivity contribution in [3.63, 3.8) is 0 Å². The van der Waals surface area contributed by atoms with Crippen LogP contribution >= 0.6 is 0 Å². The van der Waals surface area contributed by atoms with Crippen LogP contribution in [0.2, 0.25) is 0 Å². The molecule has 0 spiro atoms. The molecule has 0 radical (unpaired) electrons. The maximum absolute atomic E-state index is 12.4. The maximum atomic E-state index is 12.4. The zero-order chi connectivity index (χ0) is 19.0. The average Bonchev–Trinajstić information content (AvgIpc) is 3.11. The first kappa shape index (κ1) is 17.5. The Labute approximate surface area is 157 Å². The summed E-state index contributed by atoms with van der Waals surface area (Å²) in [4.78, 5) is 14.6. The van der Waals surface area contributed by atoms with E-state index in [9.17, 15) is 13.2 Å². The van der Waals surface area contributed by atoms with Crippen LogP contribution in [0.25, 0.3) is 10.8 Å². The van der Waals surface area contributed by atoms with Crippen LogP contribution < -0.4 is 15.0 Å². The molecule has 1 atom stereocenters. The van der Waals surface area contributed by atoms with Crippen molar-refractivity contribution < 1.29 is 17.9 Å². The van der Waals surface area contributed by atoms with Gasteiger partial charge in [-0.2, -0.15) is 0 Å². The fourth-order valence-electron chi connectivity index (χ4n) is 3.14. The van der Waals surface area contributed by atoms with Gasteiger partial charge in [-0.1, -0.05) is 48.0 Å². The summed E-state index contributed by atoms with van der Waals surface area (Å²) in [5.74, 6) is 0.112. The highest BCUT2D eigenvalue weighted by Crippen LogP contribution is 2.35. The number of hydrogen-bond acceptors (Lipinski definition) is 4. The average molecular weight is 382 g/mol. The van der Waals surface area contributed by atoms with Crippen LogP contribution in [0.4, 0.5) is 0 Å². The molecular weight excluding hydrogens is 364 g/mol. The number of benzene rings is 3. The van der Waals surface area contributed by atoms with Gasteiger partial charge in [0.1, 0.15) is 5.75 Å². The summed E-state index contributed by atoms with van der Waals surface area (Å²) in [6, 6.07) is 18.0. The second kappa shape index (κ2) is 6.68. The molecule has 0 saturated heterocycles. The van der Waals surface area contributed by atoms with E-state index in [4.69, 9.17) is 4.74 Å². The Kier molecular flexibility index (Phi) is 4.33. The number of aryl methyl sites for hydroxylation is 1. The molecule has 0 fully saturated rings. The number of nitrogens with one attached hydrogen (secondary N) is 2. The van der Waals surface area contributed by atoms with E-state index in [-0.39, 0.29) is 4.90 Å². The number of hydrogen-bond donors (Lipinski definition) is 2. The van der Waals surface area contributed by atoms with Crippen molar-refractivity contribution in [2.75, 3.05) is 0 Å². The molecule has 6 nitrogen and oxygen atoms in total. The number of rotatable bonds is 4. The molecule has 1 aliphatic rings. The van der Waals surface area contributed by atoms with Crippen molar-refractivity contribution in [1.82, 2.24) is 10.3 Å². The van der Waals surface area contributed by atoms with Gasteiger partial charge < -0.3 is 4.74 Å². The predicted molar refractivity (Wildman–Crippen MR) is 102 cm³/mol. The van der Waals surface area contributed by atoms with Crippen LogP contribution in [0.15, 0.2) is 65.6 Å². The first-order valence-electron chi connectivity index (χ1n) is 8.50. The minimum absolute atomic E-state index is 0.0787. The maximum Gasteiger partial charge on any atom is 0.276 e. The summed E-state index contributed by atoms with van der Waals surface area (Å²) < 4.78 is 30.3. The lowest BCUT2D eigenvalue weighted by molar-refractivity contribution is -0.127. The highest BCUT2D eigenvalue weighted by atomic mass is 32.2. The van der Waals surface area contributed by atoms with E-state index in [0.29, 0.717) is 12.2 Å². The van der Waals surface area contributed by atoms with Crippen molar-refractivity contribution in [1.29, 1.82) is 0 Å². The number of carbonyl (C=O) groups is 1. The number of sulfonamides is 1. The molecule has 1 aliphatic heterocycles. The summed E-state index contributed by atoms with van der Waals surface area (Å²) in [6.45, 7) is 1.87. The van der Waals surface area contributed by atoms with E-state index in [1.54, 1.807) is 12.1 Å². The molecule has 1 heterocycles.